The van der Waals surface area contributed by atoms with Crippen molar-refractivity contribution in [2.75, 3.05) is 6.26 Å². The summed E-state index contributed by atoms with van der Waals surface area (Å²) in [4.78, 5) is 11.8. The number of hydrogen-bond acceptors (Lipinski definition) is 8. The van der Waals surface area contributed by atoms with Crippen LogP contribution >= 0.6 is 0 Å². The van der Waals surface area contributed by atoms with Gasteiger partial charge < -0.3 is 4.52 Å². The zero-order valence-corrected chi connectivity index (χ0v) is 16.8. The highest BCUT2D eigenvalue weighted by molar-refractivity contribution is 7.92. The van der Waals surface area contributed by atoms with E-state index in [1.54, 1.807) is 24.6 Å². The van der Waals surface area contributed by atoms with Crippen LogP contribution in [0.5, 0.6) is 0 Å². The minimum absolute atomic E-state index is 0.0572. The van der Waals surface area contributed by atoms with Gasteiger partial charge in [-0.25, -0.2) is 14.2 Å². The molecule has 0 amide bonds. The van der Waals surface area contributed by atoms with Crippen molar-refractivity contribution in [2.24, 2.45) is 11.4 Å². The third-order valence-corrected chi connectivity index (χ3v) is 5.37. The molecule has 4 heterocycles. The van der Waals surface area contributed by atoms with Crippen molar-refractivity contribution in [3.8, 4) is 11.4 Å². The molecular formula is C16H15F3N8O2S. The van der Waals surface area contributed by atoms with E-state index in [1.807, 2.05) is 0 Å². The van der Waals surface area contributed by atoms with Crippen molar-refractivity contribution in [1.29, 1.82) is 0 Å². The first kappa shape index (κ1) is 20.0. The maximum atomic E-state index is 13.0. The van der Waals surface area contributed by atoms with E-state index in [-0.39, 0.29) is 17.1 Å². The van der Waals surface area contributed by atoms with Crippen molar-refractivity contribution >= 4 is 21.2 Å². The van der Waals surface area contributed by atoms with Crippen molar-refractivity contribution in [3.05, 3.63) is 42.1 Å². The second-order valence-corrected chi connectivity index (χ2v) is 9.00. The lowest BCUT2D eigenvalue weighted by molar-refractivity contribution is -0.159. The molecule has 0 spiro atoms. The van der Waals surface area contributed by atoms with E-state index in [4.69, 9.17) is 0 Å². The van der Waals surface area contributed by atoms with Gasteiger partial charge in [0.2, 0.25) is 5.82 Å². The van der Waals surface area contributed by atoms with Crippen molar-refractivity contribution in [2.45, 2.75) is 18.9 Å². The molecule has 1 unspecified atom stereocenters. The van der Waals surface area contributed by atoms with E-state index >= 15 is 0 Å². The van der Waals surface area contributed by atoms with Crippen LogP contribution in [0.2, 0.25) is 0 Å². The minimum Gasteiger partial charge on any atom is -0.329 e. The van der Waals surface area contributed by atoms with Gasteiger partial charge >= 0.3 is 12.1 Å². The number of nitrogens with zero attached hydrogens (tertiary/aromatic N) is 8. The van der Waals surface area contributed by atoms with E-state index in [2.05, 4.69) is 34.1 Å². The molecule has 0 radical (unpaired) electrons. The summed E-state index contributed by atoms with van der Waals surface area (Å²) in [6, 6.07) is 2.99. The molecule has 0 aliphatic rings. The Kier molecular flexibility index (Phi) is 4.60. The fraction of sp³-hybridized carbons (Fsp3) is 0.312. The van der Waals surface area contributed by atoms with Crippen molar-refractivity contribution < 1.29 is 21.9 Å². The quantitative estimate of drug-likeness (QED) is 0.479. The van der Waals surface area contributed by atoms with Gasteiger partial charge in [0.05, 0.1) is 21.2 Å². The fourth-order valence-electron chi connectivity index (χ4n) is 2.76. The average Bonchev–Trinajstić information content (AvgIpc) is 3.34. The number of fused-ring (bicyclic) bond motifs is 1. The summed E-state index contributed by atoms with van der Waals surface area (Å²) in [7, 11) is -1.02. The number of aromatic nitrogens is 7. The van der Waals surface area contributed by atoms with Gasteiger partial charge in [0.1, 0.15) is 12.0 Å². The number of pyridine rings is 1. The second kappa shape index (κ2) is 6.90. The normalized spacial score (nSPS) is 14.2. The lowest BCUT2D eigenvalue weighted by Gasteiger charge is -2.03. The molecule has 30 heavy (non-hydrogen) atoms. The SMILES string of the molecule is Cc1nc2cc(-c3noc(C(F)(F)F)n3)ccn2c1N=S(C)(=O)Cc1ncn(C)n1. The zero-order chi connectivity index (χ0) is 21.7. The van der Waals surface area contributed by atoms with Gasteiger partial charge in [0, 0.05) is 25.1 Å². The summed E-state index contributed by atoms with van der Waals surface area (Å²) >= 11 is 0. The molecule has 4 rings (SSSR count). The van der Waals surface area contributed by atoms with E-state index in [9.17, 15) is 17.4 Å². The van der Waals surface area contributed by atoms with E-state index in [0.29, 0.717) is 23.0 Å². The maximum absolute atomic E-state index is 13.0. The highest BCUT2D eigenvalue weighted by atomic mass is 32.2. The second-order valence-electron chi connectivity index (χ2n) is 6.61. The highest BCUT2D eigenvalue weighted by Gasteiger charge is 2.38. The molecule has 0 saturated heterocycles. The molecule has 0 bridgehead atoms. The molecule has 0 aliphatic heterocycles. The zero-order valence-electron chi connectivity index (χ0n) is 16.0. The molecule has 14 heteroatoms. The number of rotatable bonds is 4. The topological polar surface area (TPSA) is 116 Å². The average molecular weight is 440 g/mol. The summed E-state index contributed by atoms with van der Waals surface area (Å²) < 4.78 is 62.7. The van der Waals surface area contributed by atoms with E-state index in [1.165, 1.54) is 29.4 Å². The van der Waals surface area contributed by atoms with Gasteiger partial charge in [-0.2, -0.15) is 27.6 Å². The molecule has 0 aliphatic carbocycles. The van der Waals surface area contributed by atoms with Crippen LogP contribution < -0.4 is 0 Å². The Bertz CT molecular complexity index is 1360. The fourth-order valence-corrected chi connectivity index (χ4v) is 4.02. The third kappa shape index (κ3) is 3.90. The maximum Gasteiger partial charge on any atom is 0.471 e. The number of aryl methyl sites for hydroxylation is 2. The lowest BCUT2D eigenvalue weighted by Crippen LogP contribution is -2.04. The molecule has 0 fully saturated rings. The Morgan fingerprint density at radius 2 is 2.07 bits per heavy atom. The monoisotopic (exact) mass is 440 g/mol. The van der Waals surface area contributed by atoms with Gasteiger partial charge in [0.25, 0.3) is 0 Å². The van der Waals surface area contributed by atoms with Crippen LogP contribution in [0.3, 0.4) is 0 Å². The number of halogens is 3. The predicted octanol–water partition coefficient (Wildman–Crippen LogP) is 2.77. The largest absolute Gasteiger partial charge is 0.471 e. The molecule has 0 aromatic carbocycles. The van der Waals surface area contributed by atoms with E-state index in [0.717, 1.165) is 0 Å². The lowest BCUT2D eigenvalue weighted by atomic mass is 10.2. The van der Waals surface area contributed by atoms with Gasteiger partial charge in [-0.15, -0.1) is 0 Å². The summed E-state index contributed by atoms with van der Waals surface area (Å²) in [5.74, 6) is -0.822. The predicted molar refractivity (Wildman–Crippen MR) is 99.1 cm³/mol. The Balaban J connectivity index is 1.72. The first-order valence-electron chi connectivity index (χ1n) is 8.46. The Morgan fingerprint density at radius 3 is 2.70 bits per heavy atom. The summed E-state index contributed by atoms with van der Waals surface area (Å²) in [5, 5.41) is 7.48. The van der Waals surface area contributed by atoms with Crippen LogP contribution in [-0.4, -0.2) is 44.8 Å². The first-order valence-corrected chi connectivity index (χ1v) is 10.6. The summed E-state index contributed by atoms with van der Waals surface area (Å²) in [5.41, 5.74) is 1.17. The summed E-state index contributed by atoms with van der Waals surface area (Å²) in [6.07, 6.45) is -0.181. The van der Waals surface area contributed by atoms with Crippen molar-refractivity contribution in [1.82, 2.24) is 34.3 Å². The number of alkyl halides is 3. The smallest absolute Gasteiger partial charge is 0.329 e. The van der Waals surface area contributed by atoms with Crippen LogP contribution in [0.15, 0.2) is 33.5 Å². The van der Waals surface area contributed by atoms with Gasteiger partial charge in [-0.1, -0.05) is 5.16 Å². The molecule has 10 nitrogen and oxygen atoms in total. The van der Waals surface area contributed by atoms with Gasteiger partial charge in [-0.3, -0.25) is 9.08 Å². The van der Waals surface area contributed by atoms with Crippen LogP contribution in [0, 0.1) is 6.92 Å². The minimum atomic E-state index is -4.73. The molecular weight excluding hydrogens is 425 g/mol. The van der Waals surface area contributed by atoms with E-state index < -0.39 is 21.8 Å². The van der Waals surface area contributed by atoms with Crippen molar-refractivity contribution in [3.63, 3.8) is 0 Å². The summed E-state index contributed by atoms with van der Waals surface area (Å²) in [6.45, 7) is 1.69. The molecule has 4 aromatic rings. The molecule has 1 atom stereocenters. The molecule has 0 N–H and O–H groups in total. The number of imidazole rings is 1. The number of hydrogen-bond donors (Lipinski definition) is 0. The first-order chi connectivity index (χ1) is 14.0. The Labute approximate surface area is 167 Å². The van der Waals surface area contributed by atoms with Gasteiger partial charge in [-0.05, 0) is 19.1 Å². The van der Waals surface area contributed by atoms with Crippen LogP contribution in [0.4, 0.5) is 19.0 Å². The molecule has 158 valence electrons. The van der Waals surface area contributed by atoms with Gasteiger partial charge in [0.15, 0.2) is 11.6 Å². The Morgan fingerprint density at radius 1 is 1.30 bits per heavy atom. The van der Waals surface area contributed by atoms with Crippen LogP contribution in [0.25, 0.3) is 17.0 Å². The molecule has 0 saturated carbocycles. The third-order valence-electron chi connectivity index (χ3n) is 4.02. The van der Waals surface area contributed by atoms with Crippen LogP contribution in [0.1, 0.15) is 17.4 Å². The standard InChI is InChI=1S/C16H15F3N8O2S/c1-9-14(25-30(3,28)7-11-20-8-26(2)23-11)27-5-4-10(6-12(27)21-9)13-22-15(29-24-13)16(17,18)19/h4-6,8H,7H2,1-3H3. The molecule has 4 aromatic heterocycles. The van der Waals surface area contributed by atoms with Crippen LogP contribution in [-0.2, 0) is 28.7 Å². The highest BCUT2D eigenvalue weighted by Crippen LogP contribution is 2.30. The Hall–Kier alpha value is -3.29.